The van der Waals surface area contributed by atoms with E-state index in [1.54, 1.807) is 7.11 Å². The minimum atomic E-state index is 0. The van der Waals surface area contributed by atoms with Crippen LogP contribution in [0.4, 0.5) is 0 Å². The first-order valence-corrected chi connectivity index (χ1v) is 8.09. The molecule has 1 saturated heterocycles. The molecular formula is C18H21NNaO4-. The van der Waals surface area contributed by atoms with Crippen molar-refractivity contribution in [3.8, 4) is 11.5 Å². The number of ether oxygens (including phenoxy) is 3. The van der Waals surface area contributed by atoms with Gasteiger partial charge in [-0.2, -0.15) is 12.5 Å². The molecule has 0 aromatic heterocycles. The van der Waals surface area contributed by atoms with Crippen LogP contribution < -0.4 is 39.0 Å². The Bertz CT molecular complexity index is 677. The Morgan fingerprint density at radius 1 is 1.25 bits per heavy atom. The van der Waals surface area contributed by atoms with Gasteiger partial charge in [-0.25, -0.2) is 0 Å². The van der Waals surface area contributed by atoms with Gasteiger partial charge in [0, 0.05) is 6.54 Å². The van der Waals surface area contributed by atoms with E-state index >= 15 is 0 Å². The molecule has 3 aliphatic heterocycles. The number of hydrogen-bond donors (Lipinski definition) is 0. The van der Waals surface area contributed by atoms with Gasteiger partial charge in [-0.3, -0.25) is 0 Å². The fourth-order valence-electron chi connectivity index (χ4n) is 4.70. The summed E-state index contributed by atoms with van der Waals surface area (Å²) in [5, 5.41) is 0. The van der Waals surface area contributed by atoms with Crippen molar-refractivity contribution in [2.45, 2.75) is 30.7 Å². The van der Waals surface area contributed by atoms with Crippen molar-refractivity contribution in [3.63, 3.8) is 0 Å². The summed E-state index contributed by atoms with van der Waals surface area (Å²) in [6.45, 7) is 2.62. The largest absolute Gasteiger partial charge is 1.00 e. The maximum absolute atomic E-state index is 5.62. The Balaban J connectivity index is 0.000000845. The van der Waals surface area contributed by atoms with Crippen LogP contribution in [0.2, 0.25) is 0 Å². The predicted octanol–water partition coefficient (Wildman–Crippen LogP) is -0.535. The Morgan fingerprint density at radius 2 is 2.04 bits per heavy atom. The van der Waals surface area contributed by atoms with E-state index in [1.165, 1.54) is 30.5 Å². The number of allylic oxidation sites excluding steroid dienone is 1. The van der Waals surface area contributed by atoms with Gasteiger partial charge in [0.2, 0.25) is 6.79 Å². The number of fused-ring (bicyclic) bond motifs is 3. The number of rotatable bonds is 1. The van der Waals surface area contributed by atoms with Gasteiger partial charge in [-0.15, -0.1) is 0 Å². The molecule has 5 nitrogen and oxygen atoms in total. The third-order valence-corrected chi connectivity index (χ3v) is 5.71. The van der Waals surface area contributed by atoms with Gasteiger partial charge in [0.25, 0.3) is 0 Å². The van der Waals surface area contributed by atoms with Crippen molar-refractivity contribution < 1.29 is 49.2 Å². The zero-order valence-electron chi connectivity index (χ0n) is 14.2. The van der Waals surface area contributed by atoms with Crippen LogP contribution in [0.1, 0.15) is 29.9 Å². The molecule has 3 heterocycles. The Morgan fingerprint density at radius 3 is 2.83 bits per heavy atom. The number of nitrogens with zero attached hydrogens (tertiary/aromatic N) is 1. The summed E-state index contributed by atoms with van der Waals surface area (Å²) >= 11 is 0. The molecule has 1 aromatic carbocycles. The Kier molecular flexibility index (Phi) is 4.84. The van der Waals surface area contributed by atoms with Gasteiger partial charge in [-0.1, -0.05) is 5.92 Å². The van der Waals surface area contributed by atoms with Crippen LogP contribution >= 0.6 is 0 Å². The summed E-state index contributed by atoms with van der Waals surface area (Å²) < 4.78 is 16.8. The molecule has 0 bridgehead atoms. The second-order valence-electron chi connectivity index (χ2n) is 6.63. The van der Waals surface area contributed by atoms with Gasteiger partial charge in [0.15, 0.2) is 11.5 Å². The molecule has 0 radical (unpaired) electrons. The molecule has 24 heavy (non-hydrogen) atoms. The molecular weight excluding hydrogens is 317 g/mol. The summed E-state index contributed by atoms with van der Waals surface area (Å²) in [6.07, 6.45) is 8.19. The van der Waals surface area contributed by atoms with Crippen molar-refractivity contribution in [1.82, 2.24) is 4.90 Å². The minimum Gasteiger partial charge on any atom is -0.870 e. The molecule has 5 rings (SSSR count). The van der Waals surface area contributed by atoms with Crippen LogP contribution in [0.15, 0.2) is 24.0 Å². The molecule has 1 spiro atoms. The zero-order chi connectivity index (χ0) is 14.7. The topological polar surface area (TPSA) is 60.9 Å². The third kappa shape index (κ3) is 2.37. The van der Waals surface area contributed by atoms with Crippen LogP contribution in [0.25, 0.3) is 0 Å². The summed E-state index contributed by atoms with van der Waals surface area (Å²) in [7, 11) is 1.77. The summed E-state index contributed by atoms with van der Waals surface area (Å²) in [5.41, 5.74) is 2.88. The van der Waals surface area contributed by atoms with Gasteiger partial charge in [-0.05, 0) is 60.4 Å². The fourth-order valence-corrected chi connectivity index (χ4v) is 4.70. The molecule has 0 unspecified atom stereocenters. The molecule has 6 heteroatoms. The van der Waals surface area contributed by atoms with Crippen LogP contribution in [0.5, 0.6) is 11.5 Å². The monoisotopic (exact) mass is 338 g/mol. The maximum Gasteiger partial charge on any atom is 1.00 e. The molecule has 4 aliphatic rings. The quantitative estimate of drug-likeness (QED) is 0.509. The maximum atomic E-state index is 5.62. The van der Waals surface area contributed by atoms with E-state index in [1.807, 2.05) is 0 Å². The van der Waals surface area contributed by atoms with E-state index in [2.05, 4.69) is 29.5 Å². The number of hydrogen-bond acceptors (Lipinski definition) is 5. The minimum absolute atomic E-state index is 0. The van der Waals surface area contributed by atoms with Crippen LogP contribution in [0, 0.1) is 6.42 Å². The Hall–Kier alpha value is -0.850. The van der Waals surface area contributed by atoms with Crippen LogP contribution in [-0.2, 0) is 11.2 Å². The molecule has 1 aliphatic carbocycles. The summed E-state index contributed by atoms with van der Waals surface area (Å²) in [4.78, 5) is 2.65. The molecule has 0 amide bonds. The molecule has 0 saturated carbocycles. The Labute approximate surface area is 164 Å². The summed E-state index contributed by atoms with van der Waals surface area (Å²) in [5.74, 6) is 3.16. The first-order valence-electron chi connectivity index (χ1n) is 8.09. The first-order chi connectivity index (χ1) is 10.8. The van der Waals surface area contributed by atoms with Gasteiger partial charge in [0.05, 0.1) is 7.11 Å². The third-order valence-electron chi connectivity index (χ3n) is 5.71. The molecule has 1 fully saturated rings. The van der Waals surface area contributed by atoms with Crippen molar-refractivity contribution in [2.75, 3.05) is 27.0 Å². The molecule has 1 N–H and O–H groups in total. The van der Waals surface area contributed by atoms with Crippen molar-refractivity contribution in [3.05, 3.63) is 41.5 Å². The normalized spacial score (nSPS) is 29.0. The van der Waals surface area contributed by atoms with E-state index in [-0.39, 0.29) is 40.6 Å². The standard InChI is InChI=1S/C18H20NO3.Na.H2O/c1-20-13-8-15-14-9-17-16(21-11-22-17)7-12(14)3-6-19-5-2-4-18(15,19)10-13;;/h7-10,15H,2-6,11H2,1H3;;1H2/q-1;+1;/p-1/t15-,18-;;/m0../s1. The average molecular weight is 338 g/mol. The van der Waals surface area contributed by atoms with E-state index < -0.39 is 0 Å². The number of methoxy groups -OCH3 is 1. The predicted molar refractivity (Wildman–Crippen MR) is 83.9 cm³/mol. The first kappa shape index (κ1) is 18.0. The van der Waals surface area contributed by atoms with E-state index in [9.17, 15) is 0 Å². The SMILES string of the molecule is COC1=C[C@]23CCCN2CCc2cc4c(cc2[C@@H]3[CH-]1)OCO4.[Na+].[OH-]. The van der Waals surface area contributed by atoms with Crippen molar-refractivity contribution >= 4 is 0 Å². The number of benzene rings is 1. The smallest absolute Gasteiger partial charge is 0.870 e. The van der Waals surface area contributed by atoms with E-state index in [0.717, 1.165) is 30.2 Å². The van der Waals surface area contributed by atoms with Gasteiger partial charge < -0.3 is 24.6 Å². The van der Waals surface area contributed by atoms with Gasteiger partial charge in [0.1, 0.15) is 0 Å². The molecule has 2 atom stereocenters. The summed E-state index contributed by atoms with van der Waals surface area (Å²) in [6, 6.07) is 4.39. The van der Waals surface area contributed by atoms with Gasteiger partial charge >= 0.3 is 29.6 Å². The average Bonchev–Trinajstić information content (AvgIpc) is 3.22. The zero-order valence-corrected chi connectivity index (χ0v) is 16.2. The second-order valence-corrected chi connectivity index (χ2v) is 6.63. The van der Waals surface area contributed by atoms with E-state index in [0.29, 0.717) is 12.7 Å². The van der Waals surface area contributed by atoms with Crippen LogP contribution in [0.3, 0.4) is 0 Å². The van der Waals surface area contributed by atoms with Crippen molar-refractivity contribution in [1.29, 1.82) is 0 Å². The van der Waals surface area contributed by atoms with E-state index in [4.69, 9.17) is 14.2 Å². The van der Waals surface area contributed by atoms with Crippen molar-refractivity contribution in [2.24, 2.45) is 0 Å². The van der Waals surface area contributed by atoms with Crippen LogP contribution in [-0.4, -0.2) is 42.9 Å². The fraction of sp³-hybridized carbons (Fsp3) is 0.500. The second kappa shape index (κ2) is 6.46. The molecule has 124 valence electrons. The molecule has 1 aromatic rings.